The molecule has 0 saturated carbocycles. The minimum atomic E-state index is -0.529. The van der Waals surface area contributed by atoms with Crippen LogP contribution in [0.25, 0.3) is 11.0 Å². The van der Waals surface area contributed by atoms with Crippen molar-refractivity contribution in [2.45, 2.75) is 51.6 Å². The van der Waals surface area contributed by atoms with Gasteiger partial charge in [-0.05, 0) is 73.6 Å². The predicted octanol–water partition coefficient (Wildman–Crippen LogP) is 4.08. The van der Waals surface area contributed by atoms with Gasteiger partial charge in [0.25, 0.3) is 5.91 Å². The zero-order valence-corrected chi connectivity index (χ0v) is 19.8. The molecule has 2 amide bonds. The average Bonchev–Trinajstić information content (AvgIpc) is 3.23. The van der Waals surface area contributed by atoms with E-state index in [4.69, 9.17) is 4.42 Å². The molecule has 1 aliphatic carbocycles. The third-order valence-corrected chi connectivity index (χ3v) is 7.08. The number of halogens is 1. The molecule has 1 aromatic heterocycles. The maximum atomic E-state index is 13.5. The van der Waals surface area contributed by atoms with Gasteiger partial charge in [-0.1, -0.05) is 0 Å². The smallest absolute Gasteiger partial charge is 0.287 e. The molecule has 182 valence electrons. The van der Waals surface area contributed by atoms with Gasteiger partial charge in [-0.15, -0.1) is 0 Å². The van der Waals surface area contributed by atoms with E-state index in [-0.39, 0.29) is 34.1 Å². The van der Waals surface area contributed by atoms with Gasteiger partial charge in [-0.25, -0.2) is 4.39 Å². The van der Waals surface area contributed by atoms with Crippen molar-refractivity contribution in [3.05, 3.63) is 74.9 Å². The maximum absolute atomic E-state index is 13.5. The first-order chi connectivity index (χ1) is 16.8. The van der Waals surface area contributed by atoms with Crippen LogP contribution < -0.4 is 16.1 Å². The van der Waals surface area contributed by atoms with Crippen LogP contribution in [0.3, 0.4) is 0 Å². The summed E-state index contributed by atoms with van der Waals surface area (Å²) in [5, 5.41) is 6.12. The van der Waals surface area contributed by atoms with E-state index in [9.17, 15) is 18.8 Å². The fourth-order valence-electron chi connectivity index (χ4n) is 5.43. The Morgan fingerprint density at radius 2 is 1.86 bits per heavy atom. The highest BCUT2D eigenvalue weighted by Gasteiger charge is 2.32. The fraction of sp³-hybridized carbons (Fsp3) is 0.370. The summed E-state index contributed by atoms with van der Waals surface area (Å²) in [5.41, 5.74) is 4.36. The minimum Gasteiger partial charge on any atom is -0.451 e. The second-order valence-corrected chi connectivity index (χ2v) is 9.50. The summed E-state index contributed by atoms with van der Waals surface area (Å²) in [4.78, 5) is 39.1. The molecule has 2 heterocycles. The number of benzene rings is 2. The van der Waals surface area contributed by atoms with Gasteiger partial charge in [-0.3, -0.25) is 19.3 Å². The highest BCUT2D eigenvalue weighted by Crippen LogP contribution is 2.40. The summed E-state index contributed by atoms with van der Waals surface area (Å²) < 4.78 is 19.1. The molecule has 2 N–H and O–H groups in total. The number of aryl methyl sites for hydroxylation is 1. The van der Waals surface area contributed by atoms with E-state index in [1.807, 2.05) is 6.07 Å². The lowest BCUT2D eigenvalue weighted by Gasteiger charge is -2.36. The topological polar surface area (TPSA) is 91.7 Å². The third kappa shape index (κ3) is 4.71. The molecule has 2 aliphatic rings. The molecule has 1 unspecified atom stereocenters. The normalized spacial score (nSPS) is 18.4. The third-order valence-electron chi connectivity index (χ3n) is 7.08. The quantitative estimate of drug-likeness (QED) is 0.591. The molecule has 1 aliphatic heterocycles. The molecule has 0 spiro atoms. The largest absolute Gasteiger partial charge is 0.451 e. The van der Waals surface area contributed by atoms with Crippen LogP contribution in [0, 0.1) is 12.7 Å². The Morgan fingerprint density at radius 3 is 2.60 bits per heavy atom. The number of likely N-dealkylation sites (tertiary alicyclic amines) is 1. The molecular weight excluding hydrogens is 449 g/mol. The van der Waals surface area contributed by atoms with Gasteiger partial charge < -0.3 is 15.1 Å². The number of piperidine rings is 1. The number of fused-ring (bicyclic) bond motifs is 2. The number of anilines is 1. The number of nitrogens with one attached hydrogen (secondary N) is 2. The van der Waals surface area contributed by atoms with Crippen molar-refractivity contribution in [1.82, 2.24) is 10.2 Å². The van der Waals surface area contributed by atoms with Gasteiger partial charge in [0.05, 0.1) is 5.39 Å². The Morgan fingerprint density at radius 1 is 1.09 bits per heavy atom. The minimum absolute atomic E-state index is 0.0411. The van der Waals surface area contributed by atoms with Gasteiger partial charge in [0.1, 0.15) is 11.4 Å². The van der Waals surface area contributed by atoms with E-state index in [2.05, 4.69) is 28.5 Å². The van der Waals surface area contributed by atoms with E-state index in [1.54, 1.807) is 0 Å². The van der Waals surface area contributed by atoms with Crippen LogP contribution in [0.4, 0.5) is 10.1 Å². The Hall–Kier alpha value is -3.52. The average molecular weight is 478 g/mol. The highest BCUT2D eigenvalue weighted by atomic mass is 19.1. The molecule has 3 aromatic rings. The molecule has 0 radical (unpaired) electrons. The molecule has 1 fully saturated rings. The number of hydrogen-bond acceptors (Lipinski definition) is 5. The highest BCUT2D eigenvalue weighted by molar-refractivity contribution is 5.93. The van der Waals surface area contributed by atoms with Crippen molar-refractivity contribution in [2.75, 3.05) is 18.4 Å². The monoisotopic (exact) mass is 477 g/mol. The summed E-state index contributed by atoms with van der Waals surface area (Å²) >= 11 is 0. The van der Waals surface area contributed by atoms with Crippen LogP contribution in [0.1, 0.15) is 59.5 Å². The van der Waals surface area contributed by atoms with E-state index in [1.165, 1.54) is 35.7 Å². The lowest BCUT2D eigenvalue weighted by molar-refractivity contribution is -0.114. The van der Waals surface area contributed by atoms with Crippen LogP contribution in [-0.4, -0.2) is 35.8 Å². The summed E-state index contributed by atoms with van der Waals surface area (Å²) in [6.07, 6.45) is 3.60. The second-order valence-electron chi connectivity index (χ2n) is 9.50. The van der Waals surface area contributed by atoms with Gasteiger partial charge >= 0.3 is 0 Å². The van der Waals surface area contributed by atoms with Gasteiger partial charge in [0, 0.05) is 49.9 Å². The van der Waals surface area contributed by atoms with Crippen LogP contribution in [0.2, 0.25) is 0 Å². The number of hydrogen-bond donors (Lipinski definition) is 2. The molecule has 1 atom stereocenters. The van der Waals surface area contributed by atoms with E-state index in [0.29, 0.717) is 6.04 Å². The molecular formula is C27H28FN3O4. The van der Waals surface area contributed by atoms with Gasteiger partial charge in [0.2, 0.25) is 5.91 Å². The molecule has 8 heteroatoms. The lowest BCUT2D eigenvalue weighted by Crippen LogP contribution is -2.45. The van der Waals surface area contributed by atoms with Crippen LogP contribution in [-0.2, 0) is 11.2 Å². The van der Waals surface area contributed by atoms with Crippen molar-refractivity contribution in [1.29, 1.82) is 0 Å². The summed E-state index contributed by atoms with van der Waals surface area (Å²) in [5.74, 6) is -1.18. The zero-order valence-electron chi connectivity index (χ0n) is 19.8. The molecule has 2 aromatic carbocycles. The summed E-state index contributed by atoms with van der Waals surface area (Å²) in [7, 11) is 0. The number of nitrogens with zero attached hydrogens (tertiary/aromatic N) is 1. The van der Waals surface area contributed by atoms with Crippen molar-refractivity contribution in [3.8, 4) is 0 Å². The molecule has 7 nitrogen and oxygen atoms in total. The first kappa shape index (κ1) is 23.2. The molecule has 35 heavy (non-hydrogen) atoms. The molecule has 5 rings (SSSR count). The van der Waals surface area contributed by atoms with Crippen LogP contribution in [0.15, 0.2) is 45.6 Å². The predicted molar refractivity (Wildman–Crippen MR) is 131 cm³/mol. The van der Waals surface area contributed by atoms with Crippen LogP contribution >= 0.6 is 0 Å². The Kier molecular flexibility index (Phi) is 6.15. The lowest BCUT2D eigenvalue weighted by atomic mass is 9.98. The number of amides is 2. The van der Waals surface area contributed by atoms with Gasteiger partial charge in [0.15, 0.2) is 11.2 Å². The molecule has 0 bridgehead atoms. The number of carbonyl (C=O) groups is 2. The first-order valence-corrected chi connectivity index (χ1v) is 12.0. The Labute approximate surface area is 202 Å². The number of carbonyl (C=O) groups excluding carboxylic acids is 2. The van der Waals surface area contributed by atoms with E-state index < -0.39 is 11.7 Å². The zero-order chi connectivity index (χ0) is 24.7. The summed E-state index contributed by atoms with van der Waals surface area (Å²) in [6.45, 7) is 5.25. The Balaban J connectivity index is 1.25. The maximum Gasteiger partial charge on any atom is 0.287 e. The first-order valence-electron chi connectivity index (χ1n) is 12.0. The standard InChI is InChI=1S/C27H28FN3O4/c1-15-11-19(29-16(2)32)13-22-20(15)5-6-23(22)31-9-7-18(8-10-31)30-27(34)26-14-24(33)21-4-3-17(28)12-25(21)35-26/h3-4,11-14,18,23H,5-10H2,1-2H3,(H,29,32)(H,30,34). The van der Waals surface area contributed by atoms with Crippen molar-refractivity contribution >= 4 is 28.5 Å². The van der Waals surface area contributed by atoms with Crippen molar-refractivity contribution < 1.29 is 18.4 Å². The number of rotatable bonds is 4. The van der Waals surface area contributed by atoms with Crippen molar-refractivity contribution in [3.63, 3.8) is 0 Å². The van der Waals surface area contributed by atoms with Crippen molar-refractivity contribution in [2.24, 2.45) is 0 Å². The molecule has 1 saturated heterocycles. The fourth-order valence-corrected chi connectivity index (χ4v) is 5.43. The van der Waals surface area contributed by atoms with Crippen LogP contribution in [0.5, 0.6) is 0 Å². The second kappa shape index (κ2) is 9.26. The SMILES string of the molecule is CC(=O)Nc1cc(C)c2c(c1)C(N1CCC(NC(=O)c3cc(=O)c4ccc(F)cc4o3)CC1)CC2. The summed E-state index contributed by atoms with van der Waals surface area (Å²) in [6, 6.07) is 9.21. The Bertz CT molecular complexity index is 1370. The van der Waals surface area contributed by atoms with E-state index >= 15 is 0 Å². The van der Waals surface area contributed by atoms with E-state index in [0.717, 1.165) is 56.6 Å². The van der Waals surface area contributed by atoms with Gasteiger partial charge in [-0.2, -0.15) is 0 Å².